The first-order chi connectivity index (χ1) is 7.72. The van der Waals surface area contributed by atoms with Crippen LogP contribution in [0.15, 0.2) is 18.3 Å². The molecule has 0 spiro atoms. The van der Waals surface area contributed by atoms with Crippen LogP contribution in [0.5, 0.6) is 0 Å². The van der Waals surface area contributed by atoms with Crippen LogP contribution in [-0.2, 0) is 0 Å². The minimum Gasteiger partial charge on any atom is -0.397 e. The predicted molar refractivity (Wildman–Crippen MR) is 63.2 cm³/mol. The van der Waals surface area contributed by atoms with Gasteiger partial charge in [-0.15, -0.1) is 0 Å². The highest BCUT2D eigenvalue weighted by Gasteiger charge is 2.42. The molecule has 0 aliphatic heterocycles. The number of benzene rings is 1. The van der Waals surface area contributed by atoms with Gasteiger partial charge in [-0.3, -0.25) is 5.10 Å². The van der Waals surface area contributed by atoms with Crippen molar-refractivity contribution >= 4 is 22.3 Å². The molecule has 0 amide bonds. The molecule has 16 heavy (non-hydrogen) atoms. The van der Waals surface area contributed by atoms with Crippen LogP contribution in [0.3, 0.4) is 0 Å². The Bertz CT molecular complexity index is 530. The monoisotopic (exact) mass is 218 g/mol. The lowest BCUT2D eigenvalue weighted by Gasteiger charge is -2.17. The average molecular weight is 218 g/mol. The van der Waals surface area contributed by atoms with Crippen LogP contribution < -0.4 is 11.1 Å². The number of nitrogens with zero attached hydrogens (tertiary/aromatic N) is 1. The molecule has 3 rings (SSSR count). The minimum atomic E-state index is -0.151. The molecule has 1 heterocycles. The van der Waals surface area contributed by atoms with E-state index in [1.165, 1.54) is 0 Å². The first-order valence-electron chi connectivity index (χ1n) is 5.34. The van der Waals surface area contributed by atoms with Gasteiger partial charge in [0.2, 0.25) is 0 Å². The van der Waals surface area contributed by atoms with Crippen molar-refractivity contribution in [3.05, 3.63) is 18.3 Å². The van der Waals surface area contributed by atoms with Gasteiger partial charge in [0.25, 0.3) is 0 Å². The summed E-state index contributed by atoms with van der Waals surface area (Å²) in [4.78, 5) is 0. The third-order valence-corrected chi connectivity index (χ3v) is 3.17. The van der Waals surface area contributed by atoms with Gasteiger partial charge in [0, 0.05) is 5.39 Å². The summed E-state index contributed by atoms with van der Waals surface area (Å²) in [5, 5.41) is 20.4. The van der Waals surface area contributed by atoms with Crippen LogP contribution in [0, 0.1) is 0 Å². The normalized spacial score (nSPS) is 17.6. The van der Waals surface area contributed by atoms with Crippen molar-refractivity contribution in [3.8, 4) is 0 Å². The number of H-pyrrole nitrogens is 1. The Morgan fingerprint density at radius 1 is 1.50 bits per heavy atom. The lowest BCUT2D eigenvalue weighted by molar-refractivity contribution is 0.266. The molecule has 0 radical (unpaired) electrons. The maximum Gasteiger partial charge on any atom is 0.0672 e. The van der Waals surface area contributed by atoms with Gasteiger partial charge in [0.15, 0.2) is 0 Å². The molecular weight excluding hydrogens is 204 g/mol. The molecule has 84 valence electrons. The fraction of sp³-hybridized carbons (Fsp3) is 0.364. The van der Waals surface area contributed by atoms with Gasteiger partial charge in [-0.1, -0.05) is 0 Å². The van der Waals surface area contributed by atoms with Crippen molar-refractivity contribution in [1.82, 2.24) is 10.2 Å². The van der Waals surface area contributed by atoms with Gasteiger partial charge >= 0.3 is 0 Å². The van der Waals surface area contributed by atoms with Gasteiger partial charge in [-0.2, -0.15) is 5.10 Å². The summed E-state index contributed by atoms with van der Waals surface area (Å²) in [6.07, 6.45) is 3.72. The maximum atomic E-state index is 9.26. The number of fused-ring (bicyclic) bond motifs is 1. The molecule has 1 fully saturated rings. The first-order valence-corrected chi connectivity index (χ1v) is 5.34. The van der Waals surface area contributed by atoms with Crippen LogP contribution in [0.4, 0.5) is 11.4 Å². The van der Waals surface area contributed by atoms with Crippen LogP contribution in [0.25, 0.3) is 10.9 Å². The van der Waals surface area contributed by atoms with E-state index in [9.17, 15) is 5.11 Å². The largest absolute Gasteiger partial charge is 0.397 e. The molecular formula is C11H14N4O. The Hall–Kier alpha value is -1.75. The fourth-order valence-electron chi connectivity index (χ4n) is 1.88. The lowest BCUT2D eigenvalue weighted by Crippen LogP contribution is -2.26. The summed E-state index contributed by atoms with van der Waals surface area (Å²) < 4.78 is 0. The first kappa shape index (κ1) is 9.47. The lowest BCUT2D eigenvalue weighted by atomic mass is 10.2. The van der Waals surface area contributed by atoms with Crippen LogP contribution in [-0.4, -0.2) is 27.4 Å². The number of hydrogen-bond donors (Lipinski definition) is 4. The van der Waals surface area contributed by atoms with Crippen molar-refractivity contribution in [2.45, 2.75) is 18.4 Å². The van der Waals surface area contributed by atoms with Gasteiger partial charge < -0.3 is 16.2 Å². The molecule has 2 aromatic rings. The number of nitrogens with two attached hydrogens (primary N) is 1. The molecule has 0 saturated heterocycles. The van der Waals surface area contributed by atoms with Crippen LogP contribution >= 0.6 is 0 Å². The molecule has 5 nitrogen and oxygen atoms in total. The van der Waals surface area contributed by atoms with E-state index < -0.39 is 0 Å². The van der Waals surface area contributed by atoms with Crippen LogP contribution in [0.2, 0.25) is 0 Å². The highest BCUT2D eigenvalue weighted by atomic mass is 16.3. The number of aromatic nitrogens is 2. The Labute approximate surface area is 92.6 Å². The summed E-state index contributed by atoms with van der Waals surface area (Å²) >= 11 is 0. The number of hydrogen-bond acceptors (Lipinski definition) is 4. The Morgan fingerprint density at radius 2 is 2.31 bits per heavy atom. The molecule has 0 atom stereocenters. The van der Waals surface area contributed by atoms with E-state index in [1.54, 1.807) is 6.20 Å². The average Bonchev–Trinajstić information content (AvgIpc) is 2.91. The smallest absolute Gasteiger partial charge is 0.0672 e. The number of anilines is 2. The zero-order valence-electron chi connectivity index (χ0n) is 8.83. The number of rotatable bonds is 3. The van der Waals surface area contributed by atoms with E-state index in [0.717, 1.165) is 29.4 Å². The van der Waals surface area contributed by atoms with Gasteiger partial charge in [-0.25, -0.2) is 0 Å². The van der Waals surface area contributed by atoms with Crippen molar-refractivity contribution < 1.29 is 5.11 Å². The number of aromatic amines is 1. The molecule has 1 aliphatic carbocycles. The summed E-state index contributed by atoms with van der Waals surface area (Å²) in [6.45, 7) is 0.146. The molecule has 1 aromatic carbocycles. The molecule has 1 saturated carbocycles. The predicted octanol–water partition coefficient (Wildman–Crippen LogP) is 1.08. The molecule has 5 heteroatoms. The molecule has 0 unspecified atom stereocenters. The van der Waals surface area contributed by atoms with Crippen molar-refractivity contribution in [1.29, 1.82) is 0 Å². The zero-order valence-corrected chi connectivity index (χ0v) is 8.83. The maximum absolute atomic E-state index is 9.26. The summed E-state index contributed by atoms with van der Waals surface area (Å²) in [5.74, 6) is 0. The highest BCUT2D eigenvalue weighted by Crippen LogP contribution is 2.40. The molecule has 1 aliphatic rings. The van der Waals surface area contributed by atoms with E-state index in [1.807, 2.05) is 12.1 Å². The minimum absolute atomic E-state index is 0.146. The molecule has 0 bridgehead atoms. The quantitative estimate of drug-likeness (QED) is 0.581. The van der Waals surface area contributed by atoms with Gasteiger partial charge in [0.1, 0.15) is 0 Å². The third-order valence-electron chi connectivity index (χ3n) is 3.17. The summed E-state index contributed by atoms with van der Waals surface area (Å²) in [5.41, 5.74) is 8.30. The topological polar surface area (TPSA) is 87.0 Å². The van der Waals surface area contributed by atoms with E-state index in [4.69, 9.17) is 5.73 Å². The Balaban J connectivity index is 1.99. The van der Waals surface area contributed by atoms with Gasteiger partial charge in [-0.05, 0) is 25.0 Å². The van der Waals surface area contributed by atoms with E-state index >= 15 is 0 Å². The second-order valence-electron chi connectivity index (χ2n) is 4.46. The van der Waals surface area contributed by atoms with E-state index in [2.05, 4.69) is 15.5 Å². The second-order valence-corrected chi connectivity index (χ2v) is 4.46. The Kier molecular flexibility index (Phi) is 1.85. The molecule has 1 aromatic heterocycles. The number of aliphatic hydroxyl groups is 1. The van der Waals surface area contributed by atoms with Crippen molar-refractivity contribution in [2.24, 2.45) is 0 Å². The SMILES string of the molecule is Nc1cc2cn[nH]c2cc1NC1(CO)CC1. The Morgan fingerprint density at radius 3 is 3.00 bits per heavy atom. The zero-order chi connectivity index (χ0) is 11.2. The van der Waals surface area contributed by atoms with Gasteiger partial charge in [0.05, 0.1) is 35.2 Å². The highest BCUT2D eigenvalue weighted by molar-refractivity contribution is 5.88. The van der Waals surface area contributed by atoms with Crippen LogP contribution in [0.1, 0.15) is 12.8 Å². The summed E-state index contributed by atoms with van der Waals surface area (Å²) in [6, 6.07) is 3.82. The number of aliphatic hydroxyl groups excluding tert-OH is 1. The van der Waals surface area contributed by atoms with Crippen molar-refractivity contribution in [2.75, 3.05) is 17.7 Å². The number of nitrogens with one attached hydrogen (secondary N) is 2. The third kappa shape index (κ3) is 1.40. The van der Waals surface area contributed by atoms with E-state index in [0.29, 0.717) is 5.69 Å². The fourth-order valence-corrected chi connectivity index (χ4v) is 1.88. The second kappa shape index (κ2) is 3.12. The van der Waals surface area contributed by atoms with Crippen molar-refractivity contribution in [3.63, 3.8) is 0 Å². The summed E-state index contributed by atoms with van der Waals surface area (Å²) in [7, 11) is 0. The van der Waals surface area contributed by atoms with E-state index in [-0.39, 0.29) is 12.1 Å². The number of nitrogen functional groups attached to an aromatic ring is 1. The standard InChI is InChI=1S/C11H14N4O/c12-8-3-7-5-13-15-9(7)4-10(8)14-11(6-16)1-2-11/h3-5,14,16H,1-2,6,12H2,(H,13,15). The molecule has 5 N–H and O–H groups in total.